The standard InChI is InChI=1S/C6H10P.ClH/c1-3-5-7-6-4-2;/h3-4H,1-2,5-6H2;1H. The largest absolute Gasteiger partial charge is 0.147 e. The van der Waals surface area contributed by atoms with Crippen molar-refractivity contribution in [1.29, 1.82) is 0 Å². The number of rotatable bonds is 4. The SMILES string of the molecule is C=CC[P]CC=C.Cl. The van der Waals surface area contributed by atoms with Crippen LogP contribution >= 0.6 is 21.0 Å². The van der Waals surface area contributed by atoms with Crippen molar-refractivity contribution in [3.05, 3.63) is 25.3 Å². The Kier molecular flexibility index (Phi) is 14.1. The first-order valence-corrected chi connectivity index (χ1v) is 3.53. The van der Waals surface area contributed by atoms with Crippen LogP contribution < -0.4 is 0 Å². The van der Waals surface area contributed by atoms with Crippen molar-refractivity contribution < 1.29 is 0 Å². The third-order valence-corrected chi connectivity index (χ3v) is 1.55. The molecule has 0 unspecified atom stereocenters. The lowest BCUT2D eigenvalue weighted by molar-refractivity contribution is 1.71. The highest BCUT2D eigenvalue weighted by atomic mass is 35.5. The molecule has 0 aliphatic carbocycles. The fourth-order valence-electron chi connectivity index (χ4n) is 0.257. The molecule has 0 amide bonds. The van der Waals surface area contributed by atoms with Gasteiger partial charge in [-0.2, -0.15) is 0 Å². The Morgan fingerprint density at radius 2 is 1.50 bits per heavy atom. The number of hydrogen-bond acceptors (Lipinski definition) is 0. The molecule has 0 aromatic rings. The molecule has 0 aliphatic heterocycles. The summed E-state index contributed by atoms with van der Waals surface area (Å²) in [6, 6.07) is 0. The molecule has 0 aromatic carbocycles. The van der Waals surface area contributed by atoms with E-state index in [4.69, 9.17) is 0 Å². The van der Waals surface area contributed by atoms with E-state index in [2.05, 4.69) is 13.2 Å². The van der Waals surface area contributed by atoms with Gasteiger partial charge in [0, 0.05) is 0 Å². The average Bonchev–Trinajstić information content (AvgIpc) is 1.69. The molecule has 0 aromatic heterocycles. The summed E-state index contributed by atoms with van der Waals surface area (Å²) in [6.07, 6.45) is 6.02. The molecule has 0 bridgehead atoms. The van der Waals surface area contributed by atoms with E-state index in [9.17, 15) is 0 Å². The van der Waals surface area contributed by atoms with Gasteiger partial charge in [0.15, 0.2) is 0 Å². The Morgan fingerprint density at radius 1 is 1.12 bits per heavy atom. The van der Waals surface area contributed by atoms with Gasteiger partial charge in [0.05, 0.1) is 0 Å². The van der Waals surface area contributed by atoms with E-state index >= 15 is 0 Å². The summed E-state index contributed by atoms with van der Waals surface area (Å²) in [4.78, 5) is 0. The molecule has 1 radical (unpaired) electrons. The van der Waals surface area contributed by atoms with Gasteiger partial charge >= 0.3 is 0 Å². The van der Waals surface area contributed by atoms with Crippen LogP contribution in [0.3, 0.4) is 0 Å². The van der Waals surface area contributed by atoms with Crippen molar-refractivity contribution in [1.82, 2.24) is 0 Å². The van der Waals surface area contributed by atoms with Gasteiger partial charge in [-0.05, 0) is 12.3 Å². The Morgan fingerprint density at radius 3 is 1.75 bits per heavy atom. The Labute approximate surface area is 59.3 Å². The van der Waals surface area contributed by atoms with Crippen LogP contribution in [0.5, 0.6) is 0 Å². The van der Waals surface area contributed by atoms with E-state index in [1.165, 1.54) is 8.58 Å². The molecule has 0 aliphatic rings. The van der Waals surface area contributed by atoms with Crippen molar-refractivity contribution in [2.24, 2.45) is 0 Å². The smallest absolute Gasteiger partial charge is 0.0106 e. The molecule has 8 heavy (non-hydrogen) atoms. The van der Waals surface area contributed by atoms with Gasteiger partial charge in [0.2, 0.25) is 0 Å². The molecular weight excluding hydrogens is 138 g/mol. The predicted octanol–water partition coefficient (Wildman–Crippen LogP) is 2.73. The molecule has 2 heteroatoms. The molecule has 0 nitrogen and oxygen atoms in total. The minimum atomic E-state index is 0. The van der Waals surface area contributed by atoms with E-state index in [0.717, 1.165) is 12.3 Å². The van der Waals surface area contributed by atoms with Gasteiger partial charge in [-0.25, -0.2) is 0 Å². The van der Waals surface area contributed by atoms with E-state index in [-0.39, 0.29) is 12.4 Å². The minimum absolute atomic E-state index is 0. The first-order chi connectivity index (χ1) is 3.41. The average molecular weight is 150 g/mol. The molecular formula is C6H11ClP. The van der Waals surface area contributed by atoms with Gasteiger partial charge in [-0.3, -0.25) is 0 Å². The fraction of sp³-hybridized carbons (Fsp3) is 0.333. The van der Waals surface area contributed by atoms with Crippen molar-refractivity contribution in [2.45, 2.75) is 0 Å². The molecule has 0 heterocycles. The van der Waals surface area contributed by atoms with Gasteiger partial charge in [0.1, 0.15) is 0 Å². The lowest BCUT2D eigenvalue weighted by Crippen LogP contribution is -1.65. The first kappa shape index (κ1) is 11.1. The normalized spacial score (nSPS) is 7.00. The molecule has 0 saturated heterocycles. The maximum absolute atomic E-state index is 3.59. The summed E-state index contributed by atoms with van der Waals surface area (Å²) in [5.41, 5.74) is 0. The van der Waals surface area contributed by atoms with Crippen LogP contribution in [0, 0.1) is 0 Å². The minimum Gasteiger partial charge on any atom is -0.147 e. The second kappa shape index (κ2) is 10.2. The van der Waals surface area contributed by atoms with Crippen LogP contribution in [0.25, 0.3) is 0 Å². The quantitative estimate of drug-likeness (QED) is 0.328. The van der Waals surface area contributed by atoms with E-state index in [1.54, 1.807) is 0 Å². The van der Waals surface area contributed by atoms with Gasteiger partial charge in [0.25, 0.3) is 0 Å². The Hall–Kier alpha value is 0.200. The predicted molar refractivity (Wildman–Crippen MR) is 44.3 cm³/mol. The second-order valence-electron chi connectivity index (χ2n) is 1.17. The number of allylic oxidation sites excluding steroid dienone is 2. The molecule has 0 N–H and O–H groups in total. The van der Waals surface area contributed by atoms with Crippen molar-refractivity contribution in [2.75, 3.05) is 12.3 Å². The van der Waals surface area contributed by atoms with Gasteiger partial charge < -0.3 is 0 Å². The zero-order valence-electron chi connectivity index (χ0n) is 4.84. The second-order valence-corrected chi connectivity index (χ2v) is 2.34. The van der Waals surface area contributed by atoms with Crippen LogP contribution in [-0.2, 0) is 0 Å². The van der Waals surface area contributed by atoms with Crippen LogP contribution in [0.1, 0.15) is 0 Å². The molecule has 47 valence electrons. The van der Waals surface area contributed by atoms with Gasteiger partial charge in [-0.1, -0.05) is 20.7 Å². The van der Waals surface area contributed by atoms with E-state index in [1.807, 2.05) is 12.2 Å². The van der Waals surface area contributed by atoms with E-state index < -0.39 is 0 Å². The summed E-state index contributed by atoms with van der Waals surface area (Å²) in [6.45, 7) is 7.18. The number of hydrogen-bond donors (Lipinski definition) is 0. The molecule has 0 saturated carbocycles. The monoisotopic (exact) mass is 149 g/mol. The highest BCUT2D eigenvalue weighted by Crippen LogP contribution is 2.07. The Balaban J connectivity index is 0. The highest BCUT2D eigenvalue weighted by molar-refractivity contribution is 7.38. The zero-order valence-corrected chi connectivity index (χ0v) is 6.55. The Bertz CT molecular complexity index is 53.5. The lowest BCUT2D eigenvalue weighted by atomic mass is 10.8. The first-order valence-electron chi connectivity index (χ1n) is 2.27. The summed E-state index contributed by atoms with van der Waals surface area (Å²) >= 11 is 0. The fourth-order valence-corrected chi connectivity index (χ4v) is 0.771. The van der Waals surface area contributed by atoms with E-state index in [0.29, 0.717) is 0 Å². The van der Waals surface area contributed by atoms with Crippen LogP contribution in [-0.4, -0.2) is 12.3 Å². The lowest BCUT2D eigenvalue weighted by Gasteiger charge is -1.83. The van der Waals surface area contributed by atoms with Crippen LogP contribution in [0.4, 0.5) is 0 Å². The van der Waals surface area contributed by atoms with Gasteiger partial charge in [-0.15, -0.1) is 25.6 Å². The number of halogens is 1. The maximum atomic E-state index is 3.59. The molecule has 0 rings (SSSR count). The molecule has 0 atom stereocenters. The third kappa shape index (κ3) is 9.50. The van der Waals surface area contributed by atoms with Crippen molar-refractivity contribution in [3.63, 3.8) is 0 Å². The summed E-state index contributed by atoms with van der Waals surface area (Å²) < 4.78 is 0. The summed E-state index contributed by atoms with van der Waals surface area (Å²) in [5, 5.41) is 0. The molecule has 0 spiro atoms. The van der Waals surface area contributed by atoms with Crippen LogP contribution in [0.15, 0.2) is 25.3 Å². The van der Waals surface area contributed by atoms with Crippen molar-refractivity contribution in [3.8, 4) is 0 Å². The zero-order chi connectivity index (χ0) is 5.54. The highest BCUT2D eigenvalue weighted by Gasteiger charge is 1.74. The molecule has 0 fully saturated rings. The van der Waals surface area contributed by atoms with Crippen LogP contribution in [0.2, 0.25) is 0 Å². The maximum Gasteiger partial charge on any atom is -0.0106 e. The van der Waals surface area contributed by atoms with Crippen molar-refractivity contribution >= 4 is 21.0 Å². The third-order valence-electron chi connectivity index (χ3n) is 0.516. The summed E-state index contributed by atoms with van der Waals surface area (Å²) in [5.74, 6) is 0. The summed E-state index contributed by atoms with van der Waals surface area (Å²) in [7, 11) is 1.41. The topological polar surface area (TPSA) is 0 Å².